The average molecular weight is 216 g/mol. The summed E-state index contributed by atoms with van der Waals surface area (Å²) in [4.78, 5) is 2.26. The number of hydrogen-bond donors (Lipinski definition) is 1. The number of halogens is 1. The van der Waals surface area contributed by atoms with Crippen molar-refractivity contribution in [2.24, 2.45) is 5.73 Å². The molecule has 0 amide bonds. The van der Waals surface area contributed by atoms with Crippen molar-refractivity contribution in [2.45, 2.75) is 51.0 Å². The van der Waals surface area contributed by atoms with Gasteiger partial charge in [0.15, 0.2) is 0 Å². The van der Waals surface area contributed by atoms with E-state index in [0.29, 0.717) is 13.1 Å². The molecule has 15 heavy (non-hydrogen) atoms. The van der Waals surface area contributed by atoms with Crippen LogP contribution in [-0.2, 0) is 0 Å². The Morgan fingerprint density at radius 1 is 1.20 bits per heavy atom. The van der Waals surface area contributed by atoms with Gasteiger partial charge in [-0.25, -0.2) is 4.39 Å². The summed E-state index contributed by atoms with van der Waals surface area (Å²) in [5, 5.41) is 0. The lowest BCUT2D eigenvalue weighted by molar-refractivity contribution is 0.0767. The largest absolute Gasteiger partial charge is 0.329 e. The zero-order valence-electron chi connectivity index (χ0n) is 9.97. The molecule has 0 unspecified atom stereocenters. The molecule has 0 atom stereocenters. The van der Waals surface area contributed by atoms with E-state index in [2.05, 4.69) is 11.8 Å². The third kappa shape index (κ3) is 3.15. The smallest absolute Gasteiger partial charge is 0.102 e. The molecule has 3 heteroatoms. The Balaban J connectivity index is 2.69. The number of likely N-dealkylation sites (N-methyl/N-ethyl adjacent to an activating group) is 1. The Hall–Kier alpha value is -0.150. The normalized spacial score (nSPS) is 21.6. The van der Waals surface area contributed by atoms with E-state index >= 15 is 0 Å². The van der Waals surface area contributed by atoms with Gasteiger partial charge in [0.1, 0.15) is 6.67 Å². The lowest BCUT2D eigenvalue weighted by Gasteiger charge is -2.42. The van der Waals surface area contributed by atoms with Crippen LogP contribution < -0.4 is 5.73 Å². The maximum absolute atomic E-state index is 12.5. The van der Waals surface area contributed by atoms with Crippen LogP contribution in [0.25, 0.3) is 0 Å². The van der Waals surface area contributed by atoms with E-state index < -0.39 is 0 Å². The van der Waals surface area contributed by atoms with Crippen LogP contribution in [0.1, 0.15) is 45.4 Å². The van der Waals surface area contributed by atoms with E-state index in [1.165, 1.54) is 25.7 Å². The Bertz CT molecular complexity index is 165. The fourth-order valence-electron chi connectivity index (χ4n) is 2.87. The number of hydrogen-bond acceptors (Lipinski definition) is 2. The minimum atomic E-state index is -0.254. The van der Waals surface area contributed by atoms with Gasteiger partial charge in [-0.3, -0.25) is 4.90 Å². The van der Waals surface area contributed by atoms with Gasteiger partial charge in [-0.1, -0.05) is 32.6 Å². The van der Waals surface area contributed by atoms with Crippen LogP contribution in [-0.4, -0.2) is 36.7 Å². The van der Waals surface area contributed by atoms with Crippen molar-refractivity contribution >= 4 is 0 Å². The molecule has 0 aromatic heterocycles. The van der Waals surface area contributed by atoms with Crippen molar-refractivity contribution in [1.29, 1.82) is 0 Å². The molecule has 0 spiro atoms. The molecule has 90 valence electrons. The topological polar surface area (TPSA) is 29.3 Å². The second-order valence-electron chi connectivity index (χ2n) is 4.61. The number of alkyl halides is 1. The van der Waals surface area contributed by atoms with E-state index in [1.807, 2.05) is 0 Å². The average Bonchev–Trinajstić information content (AvgIpc) is 2.52. The Morgan fingerprint density at radius 3 is 2.20 bits per heavy atom. The van der Waals surface area contributed by atoms with Crippen LogP contribution in [0.4, 0.5) is 4.39 Å². The van der Waals surface area contributed by atoms with Gasteiger partial charge >= 0.3 is 0 Å². The minimum absolute atomic E-state index is 0.0946. The van der Waals surface area contributed by atoms with E-state index in [9.17, 15) is 4.39 Å². The summed E-state index contributed by atoms with van der Waals surface area (Å²) in [6, 6.07) is 0. The maximum Gasteiger partial charge on any atom is 0.102 e. The fraction of sp³-hybridized carbons (Fsp3) is 1.00. The molecule has 2 N–H and O–H groups in total. The summed E-state index contributed by atoms with van der Waals surface area (Å²) in [6.07, 6.45) is 7.43. The highest BCUT2D eigenvalue weighted by molar-refractivity contribution is 4.92. The second-order valence-corrected chi connectivity index (χ2v) is 4.61. The van der Waals surface area contributed by atoms with Gasteiger partial charge in [-0.05, 0) is 19.4 Å². The van der Waals surface area contributed by atoms with Gasteiger partial charge in [0.25, 0.3) is 0 Å². The van der Waals surface area contributed by atoms with Crippen molar-refractivity contribution in [2.75, 3.05) is 26.3 Å². The molecular weight excluding hydrogens is 191 g/mol. The maximum atomic E-state index is 12.5. The lowest BCUT2D eigenvalue weighted by Crippen LogP contribution is -2.54. The molecule has 0 saturated heterocycles. The first-order chi connectivity index (χ1) is 7.29. The molecule has 0 aromatic carbocycles. The monoisotopic (exact) mass is 216 g/mol. The van der Waals surface area contributed by atoms with Gasteiger partial charge in [0, 0.05) is 18.6 Å². The number of nitrogens with zero attached hydrogens (tertiary/aromatic N) is 1. The molecule has 2 nitrogen and oxygen atoms in total. The van der Waals surface area contributed by atoms with Gasteiger partial charge in [-0.2, -0.15) is 0 Å². The SMILES string of the molecule is CCN(CCF)C1(CN)CCCCCC1. The van der Waals surface area contributed by atoms with Crippen LogP contribution in [0.5, 0.6) is 0 Å². The molecular formula is C12H25FN2. The van der Waals surface area contributed by atoms with Crippen molar-refractivity contribution in [3.63, 3.8) is 0 Å². The van der Waals surface area contributed by atoms with Crippen LogP contribution in [0.3, 0.4) is 0 Å². The van der Waals surface area contributed by atoms with Crippen molar-refractivity contribution < 1.29 is 4.39 Å². The van der Waals surface area contributed by atoms with Crippen molar-refractivity contribution in [3.05, 3.63) is 0 Å². The number of rotatable bonds is 5. The van der Waals surface area contributed by atoms with E-state index in [0.717, 1.165) is 19.4 Å². The molecule has 1 rings (SSSR count). The third-order valence-electron chi connectivity index (χ3n) is 3.82. The molecule has 0 aromatic rings. The second kappa shape index (κ2) is 6.44. The van der Waals surface area contributed by atoms with Crippen LogP contribution >= 0.6 is 0 Å². The Kier molecular flexibility index (Phi) is 5.54. The van der Waals surface area contributed by atoms with Crippen molar-refractivity contribution in [1.82, 2.24) is 4.90 Å². The molecule has 0 aliphatic heterocycles. The first-order valence-corrected chi connectivity index (χ1v) is 6.30. The summed E-state index contributed by atoms with van der Waals surface area (Å²) in [5.41, 5.74) is 6.04. The van der Waals surface area contributed by atoms with Gasteiger partial charge in [0.05, 0.1) is 0 Å². The number of nitrogens with two attached hydrogens (primary N) is 1. The van der Waals surface area contributed by atoms with E-state index in [-0.39, 0.29) is 12.2 Å². The highest BCUT2D eigenvalue weighted by Gasteiger charge is 2.34. The Labute approximate surface area is 93.0 Å². The zero-order chi connectivity index (χ0) is 11.1. The third-order valence-corrected chi connectivity index (χ3v) is 3.82. The summed E-state index contributed by atoms with van der Waals surface area (Å²) in [5.74, 6) is 0. The fourth-order valence-corrected chi connectivity index (χ4v) is 2.87. The van der Waals surface area contributed by atoms with Crippen LogP contribution in [0, 0.1) is 0 Å². The molecule has 1 saturated carbocycles. The minimum Gasteiger partial charge on any atom is -0.329 e. The summed E-state index contributed by atoms with van der Waals surface area (Å²) in [6.45, 7) is 4.00. The summed E-state index contributed by atoms with van der Waals surface area (Å²) >= 11 is 0. The van der Waals surface area contributed by atoms with Crippen molar-refractivity contribution in [3.8, 4) is 0 Å². The summed E-state index contributed by atoms with van der Waals surface area (Å²) < 4.78 is 12.5. The van der Waals surface area contributed by atoms with Gasteiger partial charge in [-0.15, -0.1) is 0 Å². The molecule has 0 bridgehead atoms. The zero-order valence-corrected chi connectivity index (χ0v) is 9.97. The highest BCUT2D eigenvalue weighted by Crippen LogP contribution is 2.31. The molecule has 1 aliphatic rings. The lowest BCUT2D eigenvalue weighted by atomic mass is 9.88. The standard InChI is InChI=1S/C12H25FN2/c1-2-15(10-9-13)12(11-14)7-5-3-4-6-8-12/h2-11,14H2,1H3. The van der Waals surface area contributed by atoms with Gasteiger partial charge in [0.2, 0.25) is 0 Å². The van der Waals surface area contributed by atoms with Crippen LogP contribution in [0.2, 0.25) is 0 Å². The van der Waals surface area contributed by atoms with Crippen LogP contribution in [0.15, 0.2) is 0 Å². The van der Waals surface area contributed by atoms with E-state index in [4.69, 9.17) is 5.73 Å². The predicted octanol–water partition coefficient (Wildman–Crippen LogP) is 2.33. The predicted molar refractivity (Wildman–Crippen MR) is 62.7 cm³/mol. The molecule has 1 aliphatic carbocycles. The molecule has 0 radical (unpaired) electrons. The summed E-state index contributed by atoms with van der Waals surface area (Å²) in [7, 11) is 0. The first-order valence-electron chi connectivity index (χ1n) is 6.30. The molecule has 0 heterocycles. The Morgan fingerprint density at radius 2 is 1.80 bits per heavy atom. The van der Waals surface area contributed by atoms with Gasteiger partial charge < -0.3 is 5.73 Å². The van der Waals surface area contributed by atoms with E-state index in [1.54, 1.807) is 0 Å². The first kappa shape index (κ1) is 12.9. The quantitative estimate of drug-likeness (QED) is 0.715. The molecule has 1 fully saturated rings. The highest BCUT2D eigenvalue weighted by atomic mass is 19.1.